The van der Waals surface area contributed by atoms with Crippen LogP contribution in [-0.2, 0) is 9.59 Å². The van der Waals surface area contributed by atoms with Crippen LogP contribution >= 0.6 is 0 Å². The predicted molar refractivity (Wildman–Crippen MR) is 61.5 cm³/mol. The molecule has 0 N–H and O–H groups in total. The average molecular weight is 265 g/mol. The standard InChI is InChI=1S/C10H7N3O6/c14-9-1-2-10(15)11(9)6-3-7(12(16)17)5-8(4-6)13(18)19/h3-5H,1-2H2. The lowest BCUT2D eigenvalue weighted by molar-refractivity contribution is -0.394. The molecule has 19 heavy (non-hydrogen) atoms. The lowest BCUT2D eigenvalue weighted by Crippen LogP contribution is -2.28. The highest BCUT2D eigenvalue weighted by molar-refractivity contribution is 6.20. The second-order valence-electron chi connectivity index (χ2n) is 3.84. The van der Waals surface area contributed by atoms with Crippen LogP contribution in [0.15, 0.2) is 18.2 Å². The predicted octanol–water partition coefficient (Wildman–Crippen LogP) is 1.16. The zero-order chi connectivity index (χ0) is 14.2. The van der Waals surface area contributed by atoms with E-state index < -0.39 is 33.0 Å². The van der Waals surface area contributed by atoms with Crippen molar-refractivity contribution >= 4 is 28.9 Å². The third kappa shape index (κ3) is 2.25. The van der Waals surface area contributed by atoms with E-state index in [0.717, 1.165) is 23.1 Å². The molecular formula is C10H7N3O6. The molecule has 2 amide bonds. The fourth-order valence-electron chi connectivity index (χ4n) is 1.78. The van der Waals surface area contributed by atoms with Gasteiger partial charge in [0.15, 0.2) is 0 Å². The van der Waals surface area contributed by atoms with Crippen LogP contribution in [0.4, 0.5) is 17.1 Å². The van der Waals surface area contributed by atoms with E-state index in [9.17, 15) is 29.8 Å². The summed E-state index contributed by atoms with van der Waals surface area (Å²) >= 11 is 0. The van der Waals surface area contributed by atoms with Gasteiger partial charge in [-0.05, 0) is 0 Å². The van der Waals surface area contributed by atoms with Gasteiger partial charge in [0.1, 0.15) is 0 Å². The van der Waals surface area contributed by atoms with Crippen molar-refractivity contribution in [2.24, 2.45) is 0 Å². The normalized spacial score (nSPS) is 14.8. The summed E-state index contributed by atoms with van der Waals surface area (Å²) in [5.74, 6) is -1.06. The first-order valence-corrected chi connectivity index (χ1v) is 5.20. The molecule has 0 unspecified atom stereocenters. The molecule has 1 saturated heterocycles. The van der Waals surface area contributed by atoms with Gasteiger partial charge < -0.3 is 0 Å². The van der Waals surface area contributed by atoms with E-state index in [1.165, 1.54) is 0 Å². The second-order valence-corrected chi connectivity index (χ2v) is 3.84. The van der Waals surface area contributed by atoms with Crippen LogP contribution in [0.3, 0.4) is 0 Å². The molecule has 0 spiro atoms. The lowest BCUT2D eigenvalue weighted by Gasteiger charge is -2.13. The smallest absolute Gasteiger partial charge is 0.274 e. The molecule has 0 aliphatic carbocycles. The molecule has 1 aromatic carbocycles. The first-order valence-electron chi connectivity index (χ1n) is 5.20. The van der Waals surface area contributed by atoms with Crippen molar-refractivity contribution in [1.29, 1.82) is 0 Å². The summed E-state index contributed by atoms with van der Waals surface area (Å²) in [5.41, 5.74) is -1.23. The van der Waals surface area contributed by atoms with Crippen LogP contribution < -0.4 is 4.90 Å². The maximum absolute atomic E-state index is 11.5. The van der Waals surface area contributed by atoms with Gasteiger partial charge in [-0.2, -0.15) is 0 Å². The number of nitro benzene ring substituents is 2. The molecule has 1 aliphatic rings. The maximum atomic E-state index is 11.5. The quantitative estimate of drug-likeness (QED) is 0.458. The molecule has 1 heterocycles. The third-order valence-corrected chi connectivity index (χ3v) is 2.62. The Kier molecular flexibility index (Phi) is 2.95. The molecule has 1 fully saturated rings. The van der Waals surface area contributed by atoms with Crippen molar-refractivity contribution in [2.45, 2.75) is 12.8 Å². The van der Waals surface area contributed by atoms with Gasteiger partial charge in [0.05, 0.1) is 21.6 Å². The first-order chi connectivity index (χ1) is 8.90. The number of imide groups is 1. The zero-order valence-corrected chi connectivity index (χ0v) is 9.44. The molecule has 9 nitrogen and oxygen atoms in total. The van der Waals surface area contributed by atoms with Crippen molar-refractivity contribution in [2.75, 3.05) is 4.90 Å². The van der Waals surface area contributed by atoms with Crippen molar-refractivity contribution in [3.63, 3.8) is 0 Å². The number of hydrogen-bond donors (Lipinski definition) is 0. The van der Waals surface area contributed by atoms with E-state index in [4.69, 9.17) is 0 Å². The van der Waals surface area contributed by atoms with Crippen molar-refractivity contribution < 1.29 is 19.4 Å². The summed E-state index contributed by atoms with van der Waals surface area (Å²) in [7, 11) is 0. The molecule has 1 aromatic rings. The number of anilines is 1. The van der Waals surface area contributed by atoms with Gasteiger partial charge >= 0.3 is 0 Å². The number of amides is 2. The van der Waals surface area contributed by atoms with Crippen molar-refractivity contribution in [3.05, 3.63) is 38.4 Å². The number of carbonyl (C=O) groups excluding carboxylic acids is 2. The Hall–Kier alpha value is -2.84. The molecule has 98 valence electrons. The van der Waals surface area contributed by atoms with Gasteiger partial charge in [-0.3, -0.25) is 34.7 Å². The second kappa shape index (κ2) is 4.44. The molecular weight excluding hydrogens is 258 g/mol. The van der Waals surface area contributed by atoms with Crippen molar-refractivity contribution in [3.8, 4) is 0 Å². The lowest BCUT2D eigenvalue weighted by atomic mass is 10.2. The fraction of sp³-hybridized carbons (Fsp3) is 0.200. The summed E-state index contributed by atoms with van der Waals surface area (Å²) in [6.45, 7) is 0. The number of nitro groups is 2. The molecule has 0 atom stereocenters. The summed E-state index contributed by atoms with van der Waals surface area (Å²) in [6, 6.07) is 2.71. The van der Waals surface area contributed by atoms with Gasteiger partial charge in [0.2, 0.25) is 11.8 Å². The highest BCUT2D eigenvalue weighted by atomic mass is 16.6. The number of hydrogen-bond acceptors (Lipinski definition) is 6. The number of benzene rings is 1. The number of carbonyl (C=O) groups is 2. The molecule has 9 heteroatoms. The average Bonchev–Trinajstić information content (AvgIpc) is 2.68. The van der Waals surface area contributed by atoms with Gasteiger partial charge in [-0.25, -0.2) is 0 Å². The Morgan fingerprint density at radius 2 is 1.32 bits per heavy atom. The molecule has 0 saturated carbocycles. The minimum absolute atomic E-state index is 0.00464. The summed E-state index contributed by atoms with van der Waals surface area (Å²) < 4.78 is 0. The van der Waals surface area contributed by atoms with E-state index in [1.807, 2.05) is 0 Å². The molecule has 0 radical (unpaired) electrons. The van der Waals surface area contributed by atoms with Gasteiger partial charge in [-0.1, -0.05) is 0 Å². The van der Waals surface area contributed by atoms with Crippen LogP contribution in [0, 0.1) is 20.2 Å². The van der Waals surface area contributed by atoms with Gasteiger partial charge in [0, 0.05) is 25.0 Å². The molecule has 0 bridgehead atoms. The van der Waals surface area contributed by atoms with E-state index in [0.29, 0.717) is 0 Å². The van der Waals surface area contributed by atoms with Gasteiger partial charge in [0.25, 0.3) is 11.4 Å². The van der Waals surface area contributed by atoms with Crippen LogP contribution in [0.25, 0.3) is 0 Å². The number of rotatable bonds is 3. The number of nitrogens with zero attached hydrogens (tertiary/aromatic N) is 3. The van der Waals surface area contributed by atoms with Crippen LogP contribution in [-0.4, -0.2) is 21.7 Å². The summed E-state index contributed by atoms with van der Waals surface area (Å²) in [4.78, 5) is 43.5. The van der Waals surface area contributed by atoms with Crippen molar-refractivity contribution in [1.82, 2.24) is 0 Å². The monoisotopic (exact) mass is 265 g/mol. The Balaban J connectivity index is 2.56. The Morgan fingerprint density at radius 3 is 1.68 bits per heavy atom. The van der Waals surface area contributed by atoms with E-state index in [1.54, 1.807) is 0 Å². The molecule has 2 rings (SSSR count). The Bertz CT molecular complexity index is 563. The summed E-state index contributed by atoms with van der Waals surface area (Å²) in [6.07, 6.45) is -0.00928. The van der Waals surface area contributed by atoms with Crippen LogP contribution in [0.2, 0.25) is 0 Å². The van der Waals surface area contributed by atoms with E-state index in [2.05, 4.69) is 0 Å². The maximum Gasteiger partial charge on any atom is 0.278 e. The largest absolute Gasteiger partial charge is 0.278 e. The van der Waals surface area contributed by atoms with Crippen LogP contribution in [0.5, 0.6) is 0 Å². The first kappa shape index (κ1) is 12.6. The third-order valence-electron chi connectivity index (χ3n) is 2.62. The Morgan fingerprint density at radius 1 is 0.895 bits per heavy atom. The summed E-state index contributed by atoms with van der Waals surface area (Å²) in [5, 5.41) is 21.4. The minimum atomic E-state index is -0.818. The number of non-ortho nitro benzene ring substituents is 2. The van der Waals surface area contributed by atoms with E-state index in [-0.39, 0.29) is 18.5 Å². The fourth-order valence-corrected chi connectivity index (χ4v) is 1.78. The molecule has 0 aromatic heterocycles. The Labute approximate surface area is 105 Å². The van der Waals surface area contributed by atoms with Crippen LogP contribution in [0.1, 0.15) is 12.8 Å². The highest BCUT2D eigenvalue weighted by Gasteiger charge is 2.32. The highest BCUT2D eigenvalue weighted by Crippen LogP contribution is 2.31. The minimum Gasteiger partial charge on any atom is -0.274 e. The van der Waals surface area contributed by atoms with E-state index >= 15 is 0 Å². The van der Waals surface area contributed by atoms with Gasteiger partial charge in [-0.15, -0.1) is 0 Å². The topological polar surface area (TPSA) is 124 Å². The SMILES string of the molecule is O=C1CCC(=O)N1c1cc([N+](=O)[O-])cc([N+](=O)[O-])c1. The zero-order valence-electron chi connectivity index (χ0n) is 9.44. The molecule has 1 aliphatic heterocycles.